The molecule has 0 unspecified atom stereocenters. The molecule has 108 valence electrons. The highest BCUT2D eigenvalue weighted by molar-refractivity contribution is 7.80. The number of carbonyl (C=O) groups is 1. The van der Waals surface area contributed by atoms with Crippen LogP contribution < -0.4 is 11.1 Å². The molecule has 0 atom stereocenters. The average molecular weight is 298 g/mol. The molecule has 1 aliphatic rings. The van der Waals surface area contributed by atoms with Gasteiger partial charge in [0, 0.05) is 5.56 Å². The van der Waals surface area contributed by atoms with Crippen LogP contribution >= 0.6 is 12.2 Å². The minimum atomic E-state index is -0.988. The van der Waals surface area contributed by atoms with Crippen LogP contribution in [-0.2, 0) is 11.2 Å². The zero-order valence-corrected chi connectivity index (χ0v) is 11.7. The fourth-order valence-electron chi connectivity index (χ4n) is 2.58. The fourth-order valence-corrected chi connectivity index (χ4v) is 2.84. The lowest BCUT2D eigenvalue weighted by atomic mass is 9.97. The molecular weight excluding hydrogens is 282 g/mol. The molecule has 0 aliphatic heterocycles. The highest BCUT2D eigenvalue weighted by Gasteiger charge is 2.38. The minimum absolute atomic E-state index is 0.0265. The summed E-state index contributed by atoms with van der Waals surface area (Å²) in [5.74, 6) is -2.34. The van der Waals surface area contributed by atoms with Crippen LogP contribution in [-0.4, -0.2) is 16.4 Å². The van der Waals surface area contributed by atoms with Gasteiger partial charge >= 0.3 is 0 Å². The highest BCUT2D eigenvalue weighted by Crippen LogP contribution is 2.30. The lowest BCUT2D eigenvalue weighted by Gasteiger charge is -2.29. The van der Waals surface area contributed by atoms with Gasteiger partial charge in [0.25, 0.3) is 0 Å². The molecule has 6 heteroatoms. The van der Waals surface area contributed by atoms with E-state index in [9.17, 15) is 13.6 Å². The summed E-state index contributed by atoms with van der Waals surface area (Å²) in [5, 5.41) is 2.79. The van der Waals surface area contributed by atoms with Crippen molar-refractivity contribution in [1.82, 2.24) is 5.32 Å². The van der Waals surface area contributed by atoms with E-state index in [0.717, 1.165) is 18.9 Å². The number of hydrogen-bond acceptors (Lipinski definition) is 2. The maximum absolute atomic E-state index is 13.5. The third-order valence-corrected chi connectivity index (χ3v) is 4.08. The molecule has 1 amide bonds. The second kappa shape index (κ2) is 5.83. The van der Waals surface area contributed by atoms with Crippen molar-refractivity contribution in [2.75, 3.05) is 0 Å². The molecule has 0 aromatic heterocycles. The molecule has 2 rings (SSSR count). The first-order valence-electron chi connectivity index (χ1n) is 6.48. The van der Waals surface area contributed by atoms with E-state index in [1.807, 2.05) is 0 Å². The summed E-state index contributed by atoms with van der Waals surface area (Å²) in [7, 11) is 0. The molecule has 1 aromatic carbocycles. The van der Waals surface area contributed by atoms with Crippen molar-refractivity contribution in [3.8, 4) is 0 Å². The summed E-state index contributed by atoms with van der Waals surface area (Å²) >= 11 is 5.03. The molecule has 1 saturated carbocycles. The van der Waals surface area contributed by atoms with Crippen LogP contribution in [0.4, 0.5) is 8.78 Å². The van der Waals surface area contributed by atoms with Gasteiger partial charge in [-0.25, -0.2) is 8.78 Å². The molecule has 1 aliphatic carbocycles. The molecule has 0 spiro atoms. The summed E-state index contributed by atoms with van der Waals surface area (Å²) in [6.45, 7) is 0. The van der Waals surface area contributed by atoms with Crippen molar-refractivity contribution in [2.24, 2.45) is 5.73 Å². The topological polar surface area (TPSA) is 55.1 Å². The summed E-state index contributed by atoms with van der Waals surface area (Å²) in [6.07, 6.45) is 3.03. The predicted molar refractivity (Wildman–Crippen MR) is 76.2 cm³/mol. The van der Waals surface area contributed by atoms with Crippen molar-refractivity contribution < 1.29 is 13.6 Å². The largest absolute Gasteiger partial charge is 0.391 e. The quantitative estimate of drug-likeness (QED) is 0.838. The van der Waals surface area contributed by atoms with E-state index >= 15 is 0 Å². The number of amides is 1. The molecule has 0 radical (unpaired) electrons. The summed E-state index contributed by atoms with van der Waals surface area (Å²) < 4.78 is 26.6. The van der Waals surface area contributed by atoms with E-state index in [1.165, 1.54) is 12.1 Å². The number of rotatable bonds is 4. The Bertz CT molecular complexity index is 542. The molecule has 1 fully saturated rings. The molecule has 20 heavy (non-hydrogen) atoms. The Labute approximate surface area is 121 Å². The van der Waals surface area contributed by atoms with E-state index in [0.29, 0.717) is 12.8 Å². The first kappa shape index (κ1) is 14.8. The second-order valence-corrected chi connectivity index (χ2v) is 5.53. The number of carbonyl (C=O) groups excluding carboxylic acids is 1. The Hall–Kier alpha value is -1.56. The number of halogens is 2. The van der Waals surface area contributed by atoms with Crippen LogP contribution in [0.3, 0.4) is 0 Å². The Morgan fingerprint density at radius 2 is 2.00 bits per heavy atom. The SMILES string of the molecule is NC(=S)C1(NC(=O)Cc2cccc(F)c2F)CCCC1. The van der Waals surface area contributed by atoms with Gasteiger partial charge in [0.2, 0.25) is 5.91 Å². The van der Waals surface area contributed by atoms with Gasteiger partial charge in [0.15, 0.2) is 11.6 Å². The number of nitrogens with one attached hydrogen (secondary N) is 1. The maximum atomic E-state index is 13.5. The van der Waals surface area contributed by atoms with Crippen molar-refractivity contribution in [3.63, 3.8) is 0 Å². The Kier molecular flexibility index (Phi) is 4.32. The molecule has 0 heterocycles. The van der Waals surface area contributed by atoms with Crippen LogP contribution in [0.5, 0.6) is 0 Å². The second-order valence-electron chi connectivity index (χ2n) is 5.09. The van der Waals surface area contributed by atoms with Crippen LogP contribution in [0.25, 0.3) is 0 Å². The molecular formula is C14H16F2N2OS. The third kappa shape index (κ3) is 2.95. The molecule has 0 saturated heterocycles. The van der Waals surface area contributed by atoms with Crippen molar-refractivity contribution in [3.05, 3.63) is 35.4 Å². The van der Waals surface area contributed by atoms with Gasteiger partial charge in [-0.05, 0) is 18.9 Å². The maximum Gasteiger partial charge on any atom is 0.225 e. The first-order chi connectivity index (χ1) is 9.44. The fraction of sp³-hybridized carbons (Fsp3) is 0.429. The van der Waals surface area contributed by atoms with Gasteiger partial charge < -0.3 is 11.1 Å². The molecule has 1 aromatic rings. The molecule has 3 N–H and O–H groups in total. The Balaban J connectivity index is 2.09. The predicted octanol–water partition coefficient (Wildman–Crippen LogP) is 2.22. The summed E-state index contributed by atoms with van der Waals surface area (Å²) in [6, 6.07) is 3.78. The van der Waals surface area contributed by atoms with Gasteiger partial charge in [0.05, 0.1) is 16.9 Å². The standard InChI is InChI=1S/C14H16F2N2OS/c15-10-5-3-4-9(12(10)16)8-11(19)18-14(13(17)20)6-1-2-7-14/h3-5H,1-2,6-8H2,(H2,17,20)(H,18,19). The zero-order chi connectivity index (χ0) is 14.8. The number of hydrogen-bond donors (Lipinski definition) is 2. The van der Waals surface area contributed by atoms with Gasteiger partial charge in [-0.15, -0.1) is 0 Å². The average Bonchev–Trinajstić information content (AvgIpc) is 2.85. The normalized spacial score (nSPS) is 16.9. The number of nitrogens with two attached hydrogens (primary N) is 1. The molecule has 0 bridgehead atoms. The Morgan fingerprint density at radius 3 is 2.60 bits per heavy atom. The van der Waals surface area contributed by atoms with Crippen molar-refractivity contribution in [1.29, 1.82) is 0 Å². The van der Waals surface area contributed by atoms with Crippen LogP contribution in [0.15, 0.2) is 18.2 Å². The van der Waals surface area contributed by atoms with Crippen molar-refractivity contribution in [2.45, 2.75) is 37.6 Å². The van der Waals surface area contributed by atoms with E-state index < -0.39 is 23.1 Å². The smallest absolute Gasteiger partial charge is 0.225 e. The van der Waals surface area contributed by atoms with Gasteiger partial charge in [-0.2, -0.15) is 0 Å². The monoisotopic (exact) mass is 298 g/mol. The first-order valence-corrected chi connectivity index (χ1v) is 6.89. The third-order valence-electron chi connectivity index (χ3n) is 3.69. The van der Waals surface area contributed by atoms with Gasteiger partial charge in [-0.3, -0.25) is 4.79 Å². The highest BCUT2D eigenvalue weighted by atomic mass is 32.1. The van der Waals surface area contributed by atoms with E-state index in [4.69, 9.17) is 18.0 Å². The van der Waals surface area contributed by atoms with Crippen LogP contribution in [0, 0.1) is 11.6 Å². The van der Waals surface area contributed by atoms with Gasteiger partial charge in [0.1, 0.15) is 0 Å². The van der Waals surface area contributed by atoms with Crippen LogP contribution in [0.2, 0.25) is 0 Å². The minimum Gasteiger partial charge on any atom is -0.391 e. The molecule has 3 nitrogen and oxygen atoms in total. The van der Waals surface area contributed by atoms with Crippen molar-refractivity contribution >= 4 is 23.1 Å². The summed E-state index contributed by atoms with van der Waals surface area (Å²) in [5.41, 5.74) is 5.07. The summed E-state index contributed by atoms with van der Waals surface area (Å²) in [4.78, 5) is 12.3. The number of thiocarbonyl (C=S) groups is 1. The van der Waals surface area contributed by atoms with Crippen LogP contribution in [0.1, 0.15) is 31.2 Å². The van der Waals surface area contributed by atoms with E-state index in [2.05, 4.69) is 5.32 Å². The van der Waals surface area contributed by atoms with E-state index in [-0.39, 0.29) is 17.0 Å². The van der Waals surface area contributed by atoms with E-state index in [1.54, 1.807) is 0 Å². The Morgan fingerprint density at radius 1 is 1.35 bits per heavy atom. The zero-order valence-electron chi connectivity index (χ0n) is 10.9. The number of benzene rings is 1. The lowest BCUT2D eigenvalue weighted by Crippen LogP contribution is -2.55. The lowest BCUT2D eigenvalue weighted by molar-refractivity contribution is -0.121. The van der Waals surface area contributed by atoms with Gasteiger partial charge in [-0.1, -0.05) is 37.2 Å².